The highest BCUT2D eigenvalue weighted by Gasteiger charge is 2.09. The summed E-state index contributed by atoms with van der Waals surface area (Å²) >= 11 is 0. The molecule has 2 heteroatoms. The molecule has 0 saturated carbocycles. The predicted octanol–water partition coefficient (Wildman–Crippen LogP) is 4.57. The summed E-state index contributed by atoms with van der Waals surface area (Å²) < 4.78 is 11.6. The van der Waals surface area contributed by atoms with Crippen molar-refractivity contribution in [2.24, 2.45) is 0 Å². The van der Waals surface area contributed by atoms with E-state index in [0.717, 1.165) is 19.4 Å². The fraction of sp³-hybridized carbons (Fsp3) is 1.00. The zero-order chi connectivity index (χ0) is 13.1. The normalized spacial score (nSPS) is 15.2. The van der Waals surface area contributed by atoms with E-state index < -0.39 is 0 Å². The molecule has 2 atom stereocenters. The topological polar surface area (TPSA) is 18.5 Å². The first kappa shape index (κ1) is 16.9. The molecule has 104 valence electrons. The summed E-state index contributed by atoms with van der Waals surface area (Å²) in [6.45, 7) is 11.7. The Balaban J connectivity index is 3.54. The van der Waals surface area contributed by atoms with E-state index in [-0.39, 0.29) is 0 Å². The average Bonchev–Trinajstić information content (AvgIpc) is 2.26. The molecule has 0 aromatic heterocycles. The van der Waals surface area contributed by atoms with E-state index in [9.17, 15) is 0 Å². The van der Waals surface area contributed by atoms with Gasteiger partial charge in [-0.2, -0.15) is 0 Å². The lowest BCUT2D eigenvalue weighted by atomic mass is 10.1. The Bertz CT molecular complexity index is 157. The lowest BCUT2D eigenvalue weighted by molar-refractivity contribution is 0.00601. The van der Waals surface area contributed by atoms with Crippen molar-refractivity contribution in [3.63, 3.8) is 0 Å². The Morgan fingerprint density at radius 3 is 2.18 bits per heavy atom. The van der Waals surface area contributed by atoms with Crippen LogP contribution in [0.15, 0.2) is 0 Å². The zero-order valence-corrected chi connectivity index (χ0v) is 12.5. The van der Waals surface area contributed by atoms with Gasteiger partial charge in [-0.1, -0.05) is 20.3 Å². The van der Waals surface area contributed by atoms with E-state index in [0.29, 0.717) is 18.3 Å². The van der Waals surface area contributed by atoms with Crippen LogP contribution in [-0.4, -0.2) is 24.9 Å². The van der Waals surface area contributed by atoms with Crippen LogP contribution in [-0.2, 0) is 9.47 Å². The molecule has 0 amide bonds. The molecule has 0 fully saturated rings. The van der Waals surface area contributed by atoms with E-state index in [1.165, 1.54) is 25.7 Å². The minimum atomic E-state index is 0.341. The van der Waals surface area contributed by atoms with Gasteiger partial charge in [0.1, 0.15) is 0 Å². The van der Waals surface area contributed by atoms with E-state index in [1.54, 1.807) is 0 Å². The average molecular weight is 244 g/mol. The number of rotatable bonds is 11. The van der Waals surface area contributed by atoms with Crippen molar-refractivity contribution in [3.8, 4) is 0 Å². The Morgan fingerprint density at radius 1 is 0.941 bits per heavy atom. The van der Waals surface area contributed by atoms with Gasteiger partial charge in [0.25, 0.3) is 0 Å². The lowest BCUT2D eigenvalue weighted by Crippen LogP contribution is -2.16. The number of unbranched alkanes of at least 4 members (excludes halogenated alkanes) is 1. The minimum absolute atomic E-state index is 0.341. The first-order chi connectivity index (χ1) is 8.10. The van der Waals surface area contributed by atoms with Crippen molar-refractivity contribution >= 4 is 0 Å². The first-order valence-electron chi connectivity index (χ1n) is 7.37. The molecule has 0 N–H and O–H groups in total. The summed E-state index contributed by atoms with van der Waals surface area (Å²) in [6.07, 6.45) is 8.22. The molecule has 0 saturated heterocycles. The van der Waals surface area contributed by atoms with Gasteiger partial charge in [-0.25, -0.2) is 0 Å². The zero-order valence-electron chi connectivity index (χ0n) is 12.5. The fourth-order valence-corrected chi connectivity index (χ4v) is 1.97. The Morgan fingerprint density at radius 2 is 1.65 bits per heavy atom. The van der Waals surface area contributed by atoms with Crippen LogP contribution in [0.4, 0.5) is 0 Å². The van der Waals surface area contributed by atoms with Crippen LogP contribution in [0.3, 0.4) is 0 Å². The van der Waals surface area contributed by atoms with Crippen molar-refractivity contribution in [2.45, 2.75) is 91.5 Å². The SMILES string of the molecule is CCCCOC(CC)CCCC(C)OC(C)C. The van der Waals surface area contributed by atoms with Crippen LogP contribution in [0.5, 0.6) is 0 Å². The standard InChI is InChI=1S/C15H32O2/c1-6-8-12-16-15(7-2)11-9-10-14(5)17-13(3)4/h13-15H,6-12H2,1-5H3. The molecule has 2 nitrogen and oxygen atoms in total. The molecular formula is C15H32O2. The summed E-state index contributed by atoms with van der Waals surface area (Å²) in [4.78, 5) is 0. The van der Waals surface area contributed by atoms with Gasteiger partial charge in [-0.15, -0.1) is 0 Å². The van der Waals surface area contributed by atoms with E-state index in [1.807, 2.05) is 0 Å². The first-order valence-corrected chi connectivity index (χ1v) is 7.37. The Hall–Kier alpha value is -0.0800. The molecule has 0 aliphatic heterocycles. The van der Waals surface area contributed by atoms with Crippen LogP contribution < -0.4 is 0 Å². The molecule has 0 bridgehead atoms. The highest BCUT2D eigenvalue weighted by atomic mass is 16.5. The highest BCUT2D eigenvalue weighted by Crippen LogP contribution is 2.13. The van der Waals surface area contributed by atoms with Gasteiger partial charge >= 0.3 is 0 Å². The molecule has 0 heterocycles. The second-order valence-corrected chi connectivity index (χ2v) is 5.18. The van der Waals surface area contributed by atoms with Crippen molar-refractivity contribution in [2.75, 3.05) is 6.61 Å². The molecule has 0 aromatic carbocycles. The van der Waals surface area contributed by atoms with Crippen molar-refractivity contribution in [3.05, 3.63) is 0 Å². The second kappa shape index (κ2) is 11.0. The van der Waals surface area contributed by atoms with Gasteiger partial charge in [0.2, 0.25) is 0 Å². The molecule has 17 heavy (non-hydrogen) atoms. The highest BCUT2D eigenvalue weighted by molar-refractivity contribution is 4.59. The lowest BCUT2D eigenvalue weighted by Gasteiger charge is -2.19. The van der Waals surface area contributed by atoms with Crippen LogP contribution in [0.25, 0.3) is 0 Å². The fourth-order valence-electron chi connectivity index (χ4n) is 1.97. The largest absolute Gasteiger partial charge is 0.378 e. The maximum atomic E-state index is 5.85. The monoisotopic (exact) mass is 244 g/mol. The third kappa shape index (κ3) is 10.8. The van der Waals surface area contributed by atoms with Crippen LogP contribution in [0.1, 0.15) is 73.1 Å². The van der Waals surface area contributed by atoms with Gasteiger partial charge in [0.05, 0.1) is 18.3 Å². The quantitative estimate of drug-likeness (QED) is 0.496. The smallest absolute Gasteiger partial charge is 0.0572 e. The molecule has 0 rings (SSSR count). The maximum absolute atomic E-state index is 5.85. The van der Waals surface area contributed by atoms with E-state index >= 15 is 0 Å². The molecule has 2 unspecified atom stereocenters. The number of hydrogen-bond acceptors (Lipinski definition) is 2. The minimum Gasteiger partial charge on any atom is -0.378 e. The van der Waals surface area contributed by atoms with Gasteiger partial charge in [0, 0.05) is 6.61 Å². The van der Waals surface area contributed by atoms with Crippen molar-refractivity contribution < 1.29 is 9.47 Å². The van der Waals surface area contributed by atoms with Crippen molar-refractivity contribution in [1.29, 1.82) is 0 Å². The van der Waals surface area contributed by atoms with Crippen LogP contribution >= 0.6 is 0 Å². The summed E-state index contributed by atoms with van der Waals surface area (Å²) in [5, 5.41) is 0. The molecule has 0 radical (unpaired) electrons. The van der Waals surface area contributed by atoms with Gasteiger partial charge < -0.3 is 9.47 Å². The molecule has 0 aliphatic rings. The maximum Gasteiger partial charge on any atom is 0.0572 e. The molecule has 0 aliphatic carbocycles. The van der Waals surface area contributed by atoms with Gasteiger partial charge in [-0.05, 0) is 52.9 Å². The van der Waals surface area contributed by atoms with Gasteiger partial charge in [0.15, 0.2) is 0 Å². The molecule has 0 spiro atoms. The number of hydrogen-bond donors (Lipinski definition) is 0. The Kier molecular flexibility index (Phi) is 11.0. The van der Waals surface area contributed by atoms with Crippen LogP contribution in [0, 0.1) is 0 Å². The molecule has 0 aromatic rings. The third-order valence-corrected chi connectivity index (χ3v) is 2.95. The predicted molar refractivity (Wildman–Crippen MR) is 74.5 cm³/mol. The van der Waals surface area contributed by atoms with E-state index in [2.05, 4.69) is 34.6 Å². The summed E-state index contributed by atoms with van der Waals surface area (Å²) in [7, 11) is 0. The van der Waals surface area contributed by atoms with E-state index in [4.69, 9.17) is 9.47 Å². The summed E-state index contributed by atoms with van der Waals surface area (Å²) in [6, 6.07) is 0. The van der Waals surface area contributed by atoms with Gasteiger partial charge in [-0.3, -0.25) is 0 Å². The third-order valence-electron chi connectivity index (χ3n) is 2.95. The van der Waals surface area contributed by atoms with Crippen LogP contribution in [0.2, 0.25) is 0 Å². The summed E-state index contributed by atoms with van der Waals surface area (Å²) in [5.41, 5.74) is 0. The summed E-state index contributed by atoms with van der Waals surface area (Å²) in [5.74, 6) is 0. The van der Waals surface area contributed by atoms with Crippen molar-refractivity contribution in [1.82, 2.24) is 0 Å². The Labute approximate surface area is 108 Å². The molecular weight excluding hydrogens is 212 g/mol. The second-order valence-electron chi connectivity index (χ2n) is 5.18. The number of ether oxygens (including phenoxy) is 2.